The number of rotatable bonds is 16. The van der Waals surface area contributed by atoms with Crippen molar-refractivity contribution in [2.75, 3.05) is 0 Å². The fraction of sp³-hybridized carbons (Fsp3) is 0.840. The van der Waals surface area contributed by atoms with E-state index in [2.05, 4.69) is 20.4 Å². The zero-order chi connectivity index (χ0) is 25.8. The number of hydrogen-bond donors (Lipinski definition) is 3. The third-order valence-electron chi connectivity index (χ3n) is 4.29. The predicted octanol–water partition coefficient (Wildman–Crippen LogP) is 7.10. The number of aliphatic hydroxyl groups excluding tert-OH is 1. The van der Waals surface area contributed by atoms with Crippen LogP contribution in [0.1, 0.15) is 125 Å². The second-order valence-corrected chi connectivity index (χ2v) is 8.75. The average molecular weight is 495 g/mol. The molecule has 0 aliphatic carbocycles. The minimum absolute atomic E-state index is 0.167. The molecule has 3 N–H and O–H groups in total. The van der Waals surface area contributed by atoms with E-state index in [0.29, 0.717) is 6.42 Å². The Labute approximate surface area is 209 Å². The average Bonchev–Trinajstić information content (AvgIpc) is 2.69. The molecule has 0 aromatic carbocycles. The number of hydrogen-bond acceptors (Lipinski definition) is 4. The van der Waals surface area contributed by atoms with Gasteiger partial charge in [-0.3, -0.25) is 4.79 Å². The van der Waals surface area contributed by atoms with Crippen LogP contribution in [0.2, 0.25) is 0 Å². The first-order chi connectivity index (χ1) is 15.0. The summed E-state index contributed by atoms with van der Waals surface area (Å²) in [5, 5.41) is 24.5. The number of carboxylic acids is 2. The molecule has 0 saturated carbocycles. The van der Waals surface area contributed by atoms with E-state index < -0.39 is 11.9 Å². The normalized spacial score (nSPS) is 9.59. The topological polar surface area (TPSA) is 112 Å². The summed E-state index contributed by atoms with van der Waals surface area (Å²) in [5.41, 5.74) is 0.176. The number of carboxylic acid groups (broad SMARTS) is 2. The van der Waals surface area contributed by atoms with Gasteiger partial charge in [-0.15, -0.1) is 0 Å². The number of carbonyl (C=O) groups is 2. The number of aliphatic hydroxyl groups is 1. The Balaban J connectivity index is -0.000000268. The van der Waals surface area contributed by atoms with Crippen LogP contribution in [-0.4, -0.2) is 33.4 Å². The van der Waals surface area contributed by atoms with Crippen LogP contribution in [0.3, 0.4) is 0 Å². The molecule has 0 radical (unpaired) electrons. The van der Waals surface area contributed by atoms with E-state index in [1.807, 2.05) is 0 Å². The van der Waals surface area contributed by atoms with Crippen molar-refractivity contribution in [1.29, 1.82) is 0 Å². The van der Waals surface area contributed by atoms with E-state index in [0.717, 1.165) is 39.2 Å². The SMILES string of the molecule is C=C(C)C(=O)O.CC(C)CCCCCCCCCCCCCCC(=O)O.CC(C)O.[O]=[Ti]. The quantitative estimate of drug-likeness (QED) is 0.120. The van der Waals surface area contributed by atoms with Gasteiger partial charge in [0.2, 0.25) is 0 Å². The summed E-state index contributed by atoms with van der Waals surface area (Å²) in [4.78, 5) is 19.9. The van der Waals surface area contributed by atoms with Crippen molar-refractivity contribution in [2.45, 2.75) is 131 Å². The molecule has 0 atom stereocenters. The van der Waals surface area contributed by atoms with Crippen LogP contribution >= 0.6 is 0 Å². The van der Waals surface area contributed by atoms with Crippen molar-refractivity contribution in [3.63, 3.8) is 0 Å². The summed E-state index contributed by atoms with van der Waals surface area (Å²) < 4.78 is 8.25. The predicted molar refractivity (Wildman–Crippen MR) is 128 cm³/mol. The van der Waals surface area contributed by atoms with Gasteiger partial charge in [0.1, 0.15) is 0 Å². The molecule has 7 heteroatoms. The van der Waals surface area contributed by atoms with E-state index in [4.69, 9.17) is 18.6 Å². The molecule has 0 heterocycles. The summed E-state index contributed by atoms with van der Waals surface area (Å²) in [6, 6.07) is 0. The first-order valence-corrected chi connectivity index (χ1v) is 12.6. The maximum atomic E-state index is 10.3. The van der Waals surface area contributed by atoms with E-state index in [1.165, 1.54) is 77.6 Å². The Morgan fingerprint density at radius 1 is 0.719 bits per heavy atom. The molecule has 0 bridgehead atoms. The summed E-state index contributed by atoms with van der Waals surface area (Å²) in [7, 11) is 0. The molecule has 0 aliphatic rings. The Morgan fingerprint density at radius 2 is 0.969 bits per heavy atom. The Kier molecular flexibility index (Phi) is 38.8. The standard InChI is InChI=1S/C18H36O2.C4H6O2.C3H8O.O.Ti/c1-17(2)15-13-11-9-7-5-3-4-6-8-10-12-14-16-18(19)20;1-3(2)4(5)6;1-3(2)4;;/h17H,3-16H2,1-2H3,(H,19,20);1H2,2H3,(H,5,6);3-4H,1-2H3;;. The van der Waals surface area contributed by atoms with Gasteiger partial charge in [0.05, 0.1) is 0 Å². The molecule has 0 saturated heterocycles. The van der Waals surface area contributed by atoms with Crippen LogP contribution in [0.5, 0.6) is 0 Å². The second-order valence-electron chi connectivity index (χ2n) is 8.75. The molecule has 6 nitrogen and oxygen atoms in total. The Morgan fingerprint density at radius 3 is 1.19 bits per heavy atom. The molecule has 190 valence electrons. The number of unbranched alkanes of at least 4 members (excludes halogenated alkanes) is 11. The summed E-state index contributed by atoms with van der Waals surface area (Å²) in [6.07, 6.45) is 17.2. The molecule has 0 rings (SSSR count). The fourth-order valence-corrected chi connectivity index (χ4v) is 2.60. The van der Waals surface area contributed by atoms with Crippen LogP contribution in [0.4, 0.5) is 0 Å². The summed E-state index contributed by atoms with van der Waals surface area (Å²) >= 11 is 0.750. The maximum absolute atomic E-state index is 10.3. The zero-order valence-electron chi connectivity index (χ0n) is 21.3. The molecule has 0 aliphatic heterocycles. The van der Waals surface area contributed by atoms with Crippen LogP contribution in [0, 0.1) is 5.92 Å². The van der Waals surface area contributed by atoms with Gasteiger partial charge in [0, 0.05) is 18.1 Å². The van der Waals surface area contributed by atoms with Crippen molar-refractivity contribution in [1.82, 2.24) is 0 Å². The van der Waals surface area contributed by atoms with Gasteiger partial charge in [-0.2, -0.15) is 0 Å². The van der Waals surface area contributed by atoms with Crippen LogP contribution in [0.25, 0.3) is 0 Å². The fourth-order valence-electron chi connectivity index (χ4n) is 2.60. The summed E-state index contributed by atoms with van der Waals surface area (Å²) in [5.74, 6) is -0.723. The van der Waals surface area contributed by atoms with Gasteiger partial charge in [-0.05, 0) is 33.1 Å². The van der Waals surface area contributed by atoms with Crippen molar-refractivity contribution < 1.29 is 48.6 Å². The molecule has 32 heavy (non-hydrogen) atoms. The van der Waals surface area contributed by atoms with Crippen molar-refractivity contribution >= 4 is 11.9 Å². The van der Waals surface area contributed by atoms with E-state index in [1.54, 1.807) is 13.8 Å². The van der Waals surface area contributed by atoms with Crippen LogP contribution in [0.15, 0.2) is 12.2 Å². The van der Waals surface area contributed by atoms with E-state index in [9.17, 15) is 9.59 Å². The van der Waals surface area contributed by atoms with Gasteiger partial charge < -0.3 is 15.3 Å². The van der Waals surface area contributed by atoms with Crippen LogP contribution in [-0.2, 0) is 33.3 Å². The van der Waals surface area contributed by atoms with Crippen molar-refractivity contribution in [2.24, 2.45) is 5.92 Å². The van der Waals surface area contributed by atoms with Gasteiger partial charge in [-0.25, -0.2) is 4.79 Å². The second kappa shape index (κ2) is 32.3. The van der Waals surface area contributed by atoms with E-state index >= 15 is 0 Å². The molecule has 0 unspecified atom stereocenters. The van der Waals surface area contributed by atoms with Crippen LogP contribution < -0.4 is 0 Å². The molecule has 0 fully saturated rings. The Hall–Kier alpha value is -0.846. The molecule has 0 aromatic rings. The molecule has 0 spiro atoms. The van der Waals surface area contributed by atoms with Crippen molar-refractivity contribution in [3.8, 4) is 0 Å². The van der Waals surface area contributed by atoms with Crippen molar-refractivity contribution in [3.05, 3.63) is 12.2 Å². The third kappa shape index (κ3) is 56.9. The Bertz CT molecular complexity index is 410. The van der Waals surface area contributed by atoms with Gasteiger partial charge in [0.15, 0.2) is 0 Å². The molecule has 0 aromatic heterocycles. The first-order valence-electron chi connectivity index (χ1n) is 12.0. The monoisotopic (exact) mass is 494 g/mol. The summed E-state index contributed by atoms with van der Waals surface area (Å²) in [6.45, 7) is 12.7. The van der Waals surface area contributed by atoms with Gasteiger partial charge in [-0.1, -0.05) is 97.5 Å². The molecular weight excluding hydrogens is 444 g/mol. The third-order valence-corrected chi connectivity index (χ3v) is 4.29. The van der Waals surface area contributed by atoms with E-state index in [-0.39, 0.29) is 11.7 Å². The molecular formula is C25H50O6Ti. The number of aliphatic carboxylic acids is 2. The minimum atomic E-state index is -0.935. The van der Waals surface area contributed by atoms with Gasteiger partial charge in [0.25, 0.3) is 0 Å². The first kappa shape index (κ1) is 38.4. The molecule has 0 amide bonds. The zero-order valence-corrected chi connectivity index (χ0v) is 22.9. The van der Waals surface area contributed by atoms with Gasteiger partial charge >= 0.3 is 35.7 Å².